The molecular formula is C20H28N2O6. The highest BCUT2D eigenvalue weighted by atomic mass is 16.4. The van der Waals surface area contributed by atoms with Gasteiger partial charge < -0.3 is 30.2 Å². The molecule has 2 aromatic carbocycles. The molecule has 2 aromatic rings. The highest BCUT2D eigenvalue weighted by molar-refractivity contribution is 5.89. The molecule has 0 unspecified atom stereocenters. The van der Waals surface area contributed by atoms with Crippen molar-refractivity contribution in [3.05, 3.63) is 59.7 Å². The predicted octanol–water partition coefficient (Wildman–Crippen LogP) is 1.87. The van der Waals surface area contributed by atoms with E-state index in [1.807, 2.05) is 50.1 Å². The number of hydrogen-bond donors (Lipinski definition) is 4. The Labute approximate surface area is 164 Å². The Bertz CT molecular complexity index is 683. The normalized spacial score (nSPS) is 9.21. The first-order valence-electron chi connectivity index (χ1n) is 8.37. The van der Waals surface area contributed by atoms with Crippen LogP contribution in [-0.2, 0) is 0 Å². The van der Waals surface area contributed by atoms with E-state index in [0.29, 0.717) is 11.1 Å². The van der Waals surface area contributed by atoms with Gasteiger partial charge in [-0.2, -0.15) is 0 Å². The molecule has 0 aliphatic rings. The molecule has 0 saturated heterocycles. The average molecular weight is 392 g/mol. The van der Waals surface area contributed by atoms with Crippen LogP contribution in [0.4, 0.5) is 11.4 Å². The third-order valence-corrected chi connectivity index (χ3v) is 3.32. The second-order valence-electron chi connectivity index (χ2n) is 5.95. The molecule has 8 heteroatoms. The first kappa shape index (κ1) is 24.9. The van der Waals surface area contributed by atoms with Gasteiger partial charge in [0.25, 0.3) is 0 Å². The van der Waals surface area contributed by atoms with Crippen molar-refractivity contribution >= 4 is 23.3 Å². The monoisotopic (exact) mass is 392 g/mol. The summed E-state index contributed by atoms with van der Waals surface area (Å²) in [6, 6.07) is 13.6. The third-order valence-electron chi connectivity index (χ3n) is 3.32. The second-order valence-corrected chi connectivity index (χ2v) is 5.95. The van der Waals surface area contributed by atoms with E-state index in [-0.39, 0.29) is 13.2 Å². The van der Waals surface area contributed by atoms with Gasteiger partial charge in [0.05, 0.1) is 24.3 Å². The summed E-state index contributed by atoms with van der Waals surface area (Å²) in [5.41, 5.74) is 2.44. The zero-order valence-electron chi connectivity index (χ0n) is 16.5. The van der Waals surface area contributed by atoms with E-state index in [1.54, 1.807) is 36.4 Å². The van der Waals surface area contributed by atoms with Crippen LogP contribution in [0, 0.1) is 0 Å². The Balaban J connectivity index is 0.000000439. The minimum absolute atomic E-state index is 0.125. The van der Waals surface area contributed by atoms with Gasteiger partial charge in [-0.3, -0.25) is 0 Å². The van der Waals surface area contributed by atoms with E-state index in [4.69, 9.17) is 20.4 Å². The fourth-order valence-corrected chi connectivity index (χ4v) is 1.83. The lowest BCUT2D eigenvalue weighted by atomic mass is 10.2. The SMILES string of the molecule is CN(C)c1cccc(C(=O)O)c1.CN(C)c1cccc(C(=O)O)c1.OCCO. The summed E-state index contributed by atoms with van der Waals surface area (Å²) in [4.78, 5) is 24.8. The average Bonchev–Trinajstić information content (AvgIpc) is 2.68. The number of carboxylic acids is 2. The van der Waals surface area contributed by atoms with E-state index < -0.39 is 11.9 Å². The van der Waals surface area contributed by atoms with Crippen LogP contribution in [0.1, 0.15) is 20.7 Å². The molecule has 0 aromatic heterocycles. The minimum Gasteiger partial charge on any atom is -0.478 e. The van der Waals surface area contributed by atoms with Crippen molar-refractivity contribution in [3.63, 3.8) is 0 Å². The van der Waals surface area contributed by atoms with E-state index >= 15 is 0 Å². The maximum Gasteiger partial charge on any atom is 0.335 e. The molecule has 2 rings (SSSR count). The van der Waals surface area contributed by atoms with Gasteiger partial charge in [0.2, 0.25) is 0 Å². The first-order valence-corrected chi connectivity index (χ1v) is 8.37. The van der Waals surface area contributed by atoms with Gasteiger partial charge in [-0.15, -0.1) is 0 Å². The smallest absolute Gasteiger partial charge is 0.335 e. The van der Waals surface area contributed by atoms with Crippen molar-refractivity contribution in [3.8, 4) is 0 Å². The summed E-state index contributed by atoms with van der Waals surface area (Å²) in [5.74, 6) is -1.78. The molecular weight excluding hydrogens is 364 g/mol. The number of carboxylic acid groups (broad SMARTS) is 2. The molecule has 0 fully saturated rings. The highest BCUT2D eigenvalue weighted by Gasteiger charge is 2.04. The number of nitrogens with zero attached hydrogens (tertiary/aromatic N) is 2. The summed E-state index contributed by atoms with van der Waals surface area (Å²) in [6.45, 7) is -0.250. The summed E-state index contributed by atoms with van der Waals surface area (Å²) < 4.78 is 0. The van der Waals surface area contributed by atoms with Crippen molar-refractivity contribution in [2.75, 3.05) is 51.2 Å². The number of anilines is 2. The molecule has 0 aliphatic carbocycles. The van der Waals surface area contributed by atoms with Gasteiger partial charge in [0.1, 0.15) is 0 Å². The Morgan fingerprint density at radius 3 is 1.25 bits per heavy atom. The Morgan fingerprint density at radius 1 is 0.714 bits per heavy atom. The fourth-order valence-electron chi connectivity index (χ4n) is 1.83. The van der Waals surface area contributed by atoms with Crippen LogP contribution in [0.15, 0.2) is 48.5 Å². The molecule has 0 spiro atoms. The summed E-state index contributed by atoms with van der Waals surface area (Å²) >= 11 is 0. The lowest BCUT2D eigenvalue weighted by Crippen LogP contribution is -2.09. The maximum atomic E-state index is 10.6. The van der Waals surface area contributed by atoms with Gasteiger partial charge in [0, 0.05) is 39.6 Å². The molecule has 0 amide bonds. The highest BCUT2D eigenvalue weighted by Crippen LogP contribution is 2.13. The van der Waals surface area contributed by atoms with Gasteiger partial charge in [-0.1, -0.05) is 12.1 Å². The zero-order chi connectivity index (χ0) is 21.7. The molecule has 0 heterocycles. The third kappa shape index (κ3) is 9.56. The zero-order valence-corrected chi connectivity index (χ0v) is 16.5. The van der Waals surface area contributed by atoms with E-state index in [0.717, 1.165) is 11.4 Å². The Hall–Kier alpha value is -3.10. The molecule has 0 radical (unpaired) electrons. The largest absolute Gasteiger partial charge is 0.478 e. The number of benzene rings is 2. The summed E-state index contributed by atoms with van der Waals surface area (Å²) in [7, 11) is 7.50. The van der Waals surface area contributed by atoms with Crippen molar-refractivity contribution in [1.82, 2.24) is 0 Å². The maximum absolute atomic E-state index is 10.6. The minimum atomic E-state index is -0.890. The van der Waals surface area contributed by atoms with Gasteiger partial charge in [-0.25, -0.2) is 9.59 Å². The van der Waals surface area contributed by atoms with E-state index in [2.05, 4.69) is 0 Å². The van der Waals surface area contributed by atoms with Gasteiger partial charge in [0.15, 0.2) is 0 Å². The second kappa shape index (κ2) is 13.1. The number of aliphatic hydroxyl groups is 2. The number of aromatic carboxylic acids is 2. The topological polar surface area (TPSA) is 122 Å². The lowest BCUT2D eigenvalue weighted by Gasteiger charge is -2.12. The van der Waals surface area contributed by atoms with Crippen molar-refractivity contribution in [2.45, 2.75) is 0 Å². The van der Waals surface area contributed by atoms with Crippen LogP contribution in [0.5, 0.6) is 0 Å². The number of carbonyl (C=O) groups is 2. The van der Waals surface area contributed by atoms with Gasteiger partial charge >= 0.3 is 11.9 Å². The Kier molecular flexibility index (Phi) is 11.7. The number of hydrogen-bond acceptors (Lipinski definition) is 6. The van der Waals surface area contributed by atoms with E-state index in [1.165, 1.54) is 0 Å². The number of rotatable bonds is 5. The van der Waals surface area contributed by atoms with Crippen LogP contribution in [-0.4, -0.2) is 73.8 Å². The predicted molar refractivity (Wildman–Crippen MR) is 110 cm³/mol. The first-order chi connectivity index (χ1) is 13.1. The molecule has 4 N–H and O–H groups in total. The van der Waals surface area contributed by atoms with Crippen molar-refractivity contribution in [1.29, 1.82) is 0 Å². The quantitative estimate of drug-likeness (QED) is 0.608. The molecule has 8 nitrogen and oxygen atoms in total. The molecule has 0 saturated carbocycles. The molecule has 0 aliphatic heterocycles. The lowest BCUT2D eigenvalue weighted by molar-refractivity contribution is 0.0686. The van der Waals surface area contributed by atoms with E-state index in [9.17, 15) is 9.59 Å². The van der Waals surface area contributed by atoms with Crippen LogP contribution >= 0.6 is 0 Å². The Morgan fingerprint density at radius 2 is 1.04 bits per heavy atom. The molecule has 0 atom stereocenters. The molecule has 28 heavy (non-hydrogen) atoms. The molecule has 0 bridgehead atoms. The summed E-state index contributed by atoms with van der Waals surface area (Å²) in [5, 5.41) is 32.6. The van der Waals surface area contributed by atoms with Crippen molar-refractivity contribution in [2.24, 2.45) is 0 Å². The van der Waals surface area contributed by atoms with Crippen LogP contribution in [0.3, 0.4) is 0 Å². The number of aliphatic hydroxyl groups excluding tert-OH is 2. The van der Waals surface area contributed by atoms with Crippen LogP contribution in [0.2, 0.25) is 0 Å². The van der Waals surface area contributed by atoms with Crippen LogP contribution < -0.4 is 9.80 Å². The standard InChI is InChI=1S/2C9H11NO2.C2H6O2/c2*1-10(2)8-5-3-4-7(6-8)9(11)12;3-1-2-4/h2*3-6H,1-2H3,(H,11,12);3-4H,1-2H2. The van der Waals surface area contributed by atoms with Crippen LogP contribution in [0.25, 0.3) is 0 Å². The molecule has 154 valence electrons. The summed E-state index contributed by atoms with van der Waals surface area (Å²) in [6.07, 6.45) is 0. The van der Waals surface area contributed by atoms with Crippen molar-refractivity contribution < 1.29 is 30.0 Å². The van der Waals surface area contributed by atoms with Gasteiger partial charge in [-0.05, 0) is 36.4 Å². The fraction of sp³-hybridized carbons (Fsp3) is 0.300.